The summed E-state index contributed by atoms with van der Waals surface area (Å²) in [5.74, 6) is 1.46. The molecule has 0 spiro atoms. The molecule has 7 nitrogen and oxygen atoms in total. The zero-order valence-electron chi connectivity index (χ0n) is 9.50. The molecule has 2 N–H and O–H groups in total. The van der Waals surface area contributed by atoms with Crippen LogP contribution in [0.1, 0.15) is 0 Å². The lowest BCUT2D eigenvalue weighted by molar-refractivity contribution is -0.113. The summed E-state index contributed by atoms with van der Waals surface area (Å²) in [4.78, 5) is 21.8. The molecule has 2 aliphatic rings. The van der Waals surface area contributed by atoms with Crippen molar-refractivity contribution in [2.24, 2.45) is 0 Å². The molecule has 3 rings (SSSR count). The lowest BCUT2D eigenvalue weighted by Crippen LogP contribution is -2.26. The van der Waals surface area contributed by atoms with Gasteiger partial charge in [0.2, 0.25) is 5.91 Å². The zero-order valence-corrected chi connectivity index (χ0v) is 10.3. The van der Waals surface area contributed by atoms with Crippen LogP contribution < -0.4 is 10.2 Å². The molecule has 0 aromatic carbocycles. The number of fused-ring (bicyclic) bond motifs is 1. The summed E-state index contributed by atoms with van der Waals surface area (Å²) in [5, 5.41) is 12.4. The van der Waals surface area contributed by atoms with E-state index >= 15 is 0 Å². The summed E-state index contributed by atoms with van der Waals surface area (Å²) < 4.78 is 5.35. The van der Waals surface area contributed by atoms with Crippen molar-refractivity contribution in [1.82, 2.24) is 9.97 Å². The molecular formula is C10H12N4O3S. The van der Waals surface area contributed by atoms with Gasteiger partial charge in [-0.2, -0.15) is 0 Å². The number of hydrogen-bond acceptors (Lipinski definition) is 7. The monoisotopic (exact) mass is 268 g/mol. The zero-order chi connectivity index (χ0) is 12.5. The van der Waals surface area contributed by atoms with Gasteiger partial charge in [-0.25, -0.2) is 9.97 Å². The van der Waals surface area contributed by atoms with Gasteiger partial charge in [-0.3, -0.25) is 4.79 Å². The molecule has 2 aliphatic heterocycles. The number of ether oxygens (including phenoxy) is 1. The van der Waals surface area contributed by atoms with Gasteiger partial charge in [-0.15, -0.1) is 0 Å². The Bertz CT molecular complexity index is 484. The number of carbonyl (C=O) groups excluding carboxylic acids is 1. The van der Waals surface area contributed by atoms with Crippen molar-refractivity contribution in [2.45, 2.75) is 11.1 Å². The Balaban J connectivity index is 1.82. The average molecular weight is 268 g/mol. The van der Waals surface area contributed by atoms with Gasteiger partial charge in [0.25, 0.3) is 0 Å². The number of hydrogen-bond donors (Lipinski definition) is 2. The number of aliphatic hydroxyl groups excluding tert-OH is 1. The quantitative estimate of drug-likeness (QED) is 0.759. The van der Waals surface area contributed by atoms with Crippen LogP contribution in [-0.2, 0) is 9.53 Å². The van der Waals surface area contributed by atoms with Crippen LogP contribution in [0.5, 0.6) is 0 Å². The molecule has 0 saturated carbocycles. The Morgan fingerprint density at radius 1 is 1.67 bits per heavy atom. The number of aliphatic hydroxyl groups is 1. The second-order valence-electron chi connectivity index (χ2n) is 4.04. The minimum absolute atomic E-state index is 0.0124. The summed E-state index contributed by atoms with van der Waals surface area (Å²) in [6.45, 7) is 0.937. The summed E-state index contributed by atoms with van der Waals surface area (Å²) in [6.07, 6.45) is 1.47. The first-order valence-electron chi connectivity index (χ1n) is 5.53. The molecule has 3 heterocycles. The highest BCUT2D eigenvalue weighted by Gasteiger charge is 2.25. The summed E-state index contributed by atoms with van der Waals surface area (Å²) in [7, 11) is 0. The third kappa shape index (κ3) is 2.14. The summed E-state index contributed by atoms with van der Waals surface area (Å²) in [6, 6.07) is 0. The van der Waals surface area contributed by atoms with Gasteiger partial charge in [0.05, 0.1) is 25.1 Å². The van der Waals surface area contributed by atoms with Gasteiger partial charge in [-0.1, -0.05) is 11.8 Å². The van der Waals surface area contributed by atoms with Crippen molar-refractivity contribution in [3.05, 3.63) is 6.20 Å². The van der Waals surface area contributed by atoms with E-state index in [-0.39, 0.29) is 18.6 Å². The number of nitrogens with zero attached hydrogens (tertiary/aromatic N) is 3. The molecule has 0 radical (unpaired) electrons. The van der Waals surface area contributed by atoms with E-state index in [1.807, 2.05) is 4.90 Å². The van der Waals surface area contributed by atoms with Crippen LogP contribution in [0.4, 0.5) is 11.6 Å². The number of anilines is 2. The fourth-order valence-electron chi connectivity index (χ4n) is 1.83. The predicted molar refractivity (Wildman–Crippen MR) is 65.6 cm³/mol. The maximum absolute atomic E-state index is 11.3. The van der Waals surface area contributed by atoms with Crippen LogP contribution in [0, 0.1) is 0 Å². The molecule has 1 aromatic heterocycles. The maximum Gasteiger partial charge on any atom is 0.236 e. The lowest BCUT2D eigenvalue weighted by atomic mass is 10.4. The molecule has 1 amide bonds. The number of nitrogens with one attached hydrogen (secondary N) is 1. The normalized spacial score (nSPS) is 22.8. The van der Waals surface area contributed by atoms with Gasteiger partial charge >= 0.3 is 0 Å². The van der Waals surface area contributed by atoms with Crippen molar-refractivity contribution in [2.75, 3.05) is 35.9 Å². The first kappa shape index (κ1) is 11.7. The molecule has 1 atom stereocenters. The van der Waals surface area contributed by atoms with Gasteiger partial charge < -0.3 is 20.1 Å². The van der Waals surface area contributed by atoms with E-state index in [9.17, 15) is 4.79 Å². The van der Waals surface area contributed by atoms with E-state index in [4.69, 9.17) is 9.84 Å². The van der Waals surface area contributed by atoms with Crippen LogP contribution in [0.2, 0.25) is 0 Å². The molecule has 96 valence electrons. The molecule has 1 fully saturated rings. The Labute approximate surface area is 108 Å². The van der Waals surface area contributed by atoms with Crippen molar-refractivity contribution in [3.8, 4) is 0 Å². The SMILES string of the molecule is O=C1CSc2ncc(N3CO[C@@H](CO)C3)nc2N1. The highest BCUT2D eigenvalue weighted by atomic mass is 32.2. The van der Waals surface area contributed by atoms with E-state index in [1.165, 1.54) is 11.8 Å². The van der Waals surface area contributed by atoms with Crippen LogP contribution >= 0.6 is 11.8 Å². The lowest BCUT2D eigenvalue weighted by Gasteiger charge is -2.19. The third-order valence-electron chi connectivity index (χ3n) is 2.74. The number of rotatable bonds is 2. The Hall–Kier alpha value is -1.38. The highest BCUT2D eigenvalue weighted by Crippen LogP contribution is 2.29. The van der Waals surface area contributed by atoms with Gasteiger partial charge in [0.1, 0.15) is 17.9 Å². The molecule has 1 saturated heterocycles. The molecular weight excluding hydrogens is 256 g/mol. The Morgan fingerprint density at radius 2 is 2.56 bits per heavy atom. The van der Waals surface area contributed by atoms with Crippen molar-refractivity contribution in [3.63, 3.8) is 0 Å². The fourth-order valence-corrected chi connectivity index (χ4v) is 2.53. The minimum atomic E-state index is -0.188. The molecule has 0 aliphatic carbocycles. The molecule has 0 unspecified atom stereocenters. The largest absolute Gasteiger partial charge is 0.394 e. The third-order valence-corrected chi connectivity index (χ3v) is 3.72. The number of thioether (sulfide) groups is 1. The van der Waals surface area contributed by atoms with Crippen LogP contribution in [-0.4, -0.2) is 52.7 Å². The van der Waals surface area contributed by atoms with Crippen molar-refractivity contribution >= 4 is 29.3 Å². The first-order valence-corrected chi connectivity index (χ1v) is 6.52. The van der Waals surface area contributed by atoms with Crippen LogP contribution in [0.3, 0.4) is 0 Å². The number of amides is 1. The van der Waals surface area contributed by atoms with E-state index in [0.29, 0.717) is 30.7 Å². The van der Waals surface area contributed by atoms with Gasteiger partial charge in [0.15, 0.2) is 11.6 Å². The predicted octanol–water partition coefficient (Wildman–Crippen LogP) is -0.324. The number of aromatic nitrogens is 2. The minimum Gasteiger partial charge on any atom is -0.394 e. The van der Waals surface area contributed by atoms with Crippen molar-refractivity contribution in [1.29, 1.82) is 0 Å². The topological polar surface area (TPSA) is 87.6 Å². The smallest absolute Gasteiger partial charge is 0.236 e. The molecule has 8 heteroatoms. The van der Waals surface area contributed by atoms with Crippen molar-refractivity contribution < 1.29 is 14.6 Å². The van der Waals surface area contributed by atoms with Crippen LogP contribution in [0.25, 0.3) is 0 Å². The molecule has 18 heavy (non-hydrogen) atoms. The maximum atomic E-state index is 11.3. The van der Waals surface area contributed by atoms with Gasteiger partial charge in [0, 0.05) is 0 Å². The van der Waals surface area contributed by atoms with Crippen LogP contribution in [0.15, 0.2) is 11.2 Å². The summed E-state index contributed by atoms with van der Waals surface area (Å²) in [5.41, 5.74) is 0. The van der Waals surface area contributed by atoms with E-state index in [0.717, 1.165) is 5.03 Å². The standard InChI is InChI=1S/C10H12N4O3S/c15-3-6-2-14(5-17-6)7-1-11-10-9(12-7)13-8(16)4-18-10/h1,6,15H,2-5H2,(H,12,13,16)/t6-/m1/s1. The van der Waals surface area contributed by atoms with E-state index in [1.54, 1.807) is 6.20 Å². The number of carbonyl (C=O) groups is 1. The second-order valence-corrected chi connectivity index (χ2v) is 5.01. The molecule has 1 aromatic rings. The average Bonchev–Trinajstić information content (AvgIpc) is 2.86. The van der Waals surface area contributed by atoms with E-state index < -0.39 is 0 Å². The fraction of sp³-hybridized carbons (Fsp3) is 0.500. The van der Waals surface area contributed by atoms with E-state index in [2.05, 4.69) is 15.3 Å². The summed E-state index contributed by atoms with van der Waals surface area (Å²) >= 11 is 1.38. The Kier molecular flexibility index (Phi) is 3.06. The Morgan fingerprint density at radius 3 is 3.33 bits per heavy atom. The molecule has 0 bridgehead atoms. The highest BCUT2D eigenvalue weighted by molar-refractivity contribution is 8.00. The second kappa shape index (κ2) is 4.71. The first-order chi connectivity index (χ1) is 8.76. The van der Waals surface area contributed by atoms with Gasteiger partial charge in [-0.05, 0) is 0 Å².